The first kappa shape index (κ1) is 10.1. The van der Waals surface area contributed by atoms with Crippen molar-refractivity contribution in [3.8, 4) is 0 Å². The predicted molar refractivity (Wildman–Crippen MR) is 54.5 cm³/mol. The molecule has 1 fully saturated rings. The standard InChI is InChI=1S/C10H11BrFNO/c1-6(14)10(2-3-10)8-4-7(11)5-13-9(8)12/h4-6,14H,2-3H2,1H3. The number of aliphatic hydroxyl groups excluding tert-OH is 1. The van der Waals surface area contributed by atoms with Crippen LogP contribution in [0.5, 0.6) is 0 Å². The highest BCUT2D eigenvalue weighted by atomic mass is 79.9. The molecule has 1 aromatic heterocycles. The minimum absolute atomic E-state index is 0.388. The summed E-state index contributed by atoms with van der Waals surface area (Å²) in [6.45, 7) is 1.70. The molecule has 0 radical (unpaired) electrons. The Bertz CT molecular complexity index is 363. The van der Waals surface area contributed by atoms with E-state index in [4.69, 9.17) is 0 Å². The van der Waals surface area contributed by atoms with Crippen LogP contribution in [0.1, 0.15) is 25.3 Å². The number of hydrogen-bond donors (Lipinski definition) is 1. The van der Waals surface area contributed by atoms with E-state index in [9.17, 15) is 9.50 Å². The third-order valence-electron chi connectivity index (χ3n) is 2.93. The monoisotopic (exact) mass is 259 g/mol. The van der Waals surface area contributed by atoms with Gasteiger partial charge in [0.25, 0.3) is 0 Å². The van der Waals surface area contributed by atoms with Crippen molar-refractivity contribution < 1.29 is 9.50 Å². The zero-order valence-corrected chi connectivity index (χ0v) is 9.38. The minimum atomic E-state index is -0.520. The van der Waals surface area contributed by atoms with Crippen molar-refractivity contribution >= 4 is 15.9 Å². The van der Waals surface area contributed by atoms with Crippen LogP contribution < -0.4 is 0 Å². The number of halogens is 2. The first-order chi connectivity index (χ1) is 6.56. The summed E-state index contributed by atoms with van der Waals surface area (Å²) < 4.78 is 14.2. The summed E-state index contributed by atoms with van der Waals surface area (Å²) in [7, 11) is 0. The lowest BCUT2D eigenvalue weighted by Crippen LogP contribution is -2.24. The average Bonchev–Trinajstić information content (AvgIpc) is 2.90. The van der Waals surface area contributed by atoms with Gasteiger partial charge in [-0.2, -0.15) is 4.39 Å². The molecule has 2 rings (SSSR count). The summed E-state index contributed by atoms with van der Waals surface area (Å²) in [6.07, 6.45) is 2.57. The highest BCUT2D eigenvalue weighted by Crippen LogP contribution is 2.51. The fourth-order valence-corrected chi connectivity index (χ4v) is 2.15. The Hall–Kier alpha value is -0.480. The topological polar surface area (TPSA) is 33.1 Å². The van der Waals surface area contributed by atoms with Gasteiger partial charge < -0.3 is 5.11 Å². The number of hydrogen-bond acceptors (Lipinski definition) is 2. The lowest BCUT2D eigenvalue weighted by Gasteiger charge is -2.19. The molecule has 0 saturated heterocycles. The van der Waals surface area contributed by atoms with Crippen LogP contribution in [0.3, 0.4) is 0 Å². The van der Waals surface area contributed by atoms with Crippen LogP contribution in [0.4, 0.5) is 4.39 Å². The third kappa shape index (κ3) is 1.46. The maximum atomic E-state index is 13.4. The second kappa shape index (κ2) is 3.28. The van der Waals surface area contributed by atoms with Crippen LogP contribution in [0.15, 0.2) is 16.7 Å². The average molecular weight is 260 g/mol. The van der Waals surface area contributed by atoms with E-state index in [2.05, 4.69) is 20.9 Å². The molecule has 1 heterocycles. The van der Waals surface area contributed by atoms with Crippen molar-refractivity contribution in [2.24, 2.45) is 0 Å². The normalized spacial score (nSPS) is 20.6. The fraction of sp³-hybridized carbons (Fsp3) is 0.500. The van der Waals surface area contributed by atoms with Crippen molar-refractivity contribution in [3.63, 3.8) is 0 Å². The number of aliphatic hydroxyl groups is 1. The lowest BCUT2D eigenvalue weighted by molar-refractivity contribution is 0.148. The van der Waals surface area contributed by atoms with Gasteiger partial charge in [0.05, 0.1) is 6.10 Å². The van der Waals surface area contributed by atoms with Gasteiger partial charge in [-0.25, -0.2) is 4.98 Å². The largest absolute Gasteiger partial charge is 0.392 e. The lowest BCUT2D eigenvalue weighted by atomic mass is 9.92. The SMILES string of the molecule is CC(O)C1(c2cc(Br)cnc2F)CC1. The van der Waals surface area contributed by atoms with E-state index < -0.39 is 12.1 Å². The van der Waals surface area contributed by atoms with E-state index in [0.717, 1.165) is 17.3 Å². The Kier molecular flexibility index (Phi) is 2.35. The molecule has 1 aromatic rings. The van der Waals surface area contributed by atoms with E-state index in [0.29, 0.717) is 5.56 Å². The molecule has 2 nitrogen and oxygen atoms in total. The van der Waals surface area contributed by atoms with Crippen LogP contribution in [0, 0.1) is 5.95 Å². The molecule has 76 valence electrons. The van der Waals surface area contributed by atoms with E-state index >= 15 is 0 Å². The van der Waals surface area contributed by atoms with Gasteiger partial charge in [-0.1, -0.05) is 0 Å². The van der Waals surface area contributed by atoms with Gasteiger partial charge in [0.2, 0.25) is 5.95 Å². The van der Waals surface area contributed by atoms with Crippen LogP contribution in [-0.2, 0) is 5.41 Å². The van der Waals surface area contributed by atoms with Crippen LogP contribution in [0.25, 0.3) is 0 Å². The molecule has 0 aliphatic heterocycles. The molecule has 1 atom stereocenters. The number of rotatable bonds is 2. The van der Waals surface area contributed by atoms with Crippen molar-refractivity contribution in [3.05, 3.63) is 28.2 Å². The maximum Gasteiger partial charge on any atom is 0.216 e. The summed E-state index contributed by atoms with van der Waals surface area (Å²) in [4.78, 5) is 3.64. The number of aromatic nitrogens is 1. The van der Waals surface area contributed by atoms with Gasteiger partial charge in [-0.3, -0.25) is 0 Å². The molecule has 4 heteroatoms. The van der Waals surface area contributed by atoms with Crippen LogP contribution >= 0.6 is 15.9 Å². The molecule has 0 spiro atoms. The summed E-state index contributed by atoms with van der Waals surface area (Å²) >= 11 is 3.25. The first-order valence-corrected chi connectivity index (χ1v) is 5.35. The Morgan fingerprint density at radius 1 is 1.64 bits per heavy atom. The summed E-state index contributed by atoms with van der Waals surface area (Å²) in [6, 6.07) is 1.71. The molecular formula is C10H11BrFNO. The number of pyridine rings is 1. The quantitative estimate of drug-likeness (QED) is 0.828. The van der Waals surface area contributed by atoms with E-state index in [1.54, 1.807) is 13.0 Å². The Morgan fingerprint density at radius 3 is 2.79 bits per heavy atom. The molecule has 1 saturated carbocycles. The molecule has 14 heavy (non-hydrogen) atoms. The Morgan fingerprint density at radius 2 is 2.29 bits per heavy atom. The van der Waals surface area contributed by atoms with Gasteiger partial charge in [0, 0.05) is 21.6 Å². The van der Waals surface area contributed by atoms with Gasteiger partial charge in [0.1, 0.15) is 0 Å². The first-order valence-electron chi connectivity index (χ1n) is 4.56. The zero-order chi connectivity index (χ0) is 10.3. The molecule has 1 N–H and O–H groups in total. The predicted octanol–water partition coefficient (Wildman–Crippen LogP) is 2.40. The highest BCUT2D eigenvalue weighted by Gasteiger charge is 2.50. The van der Waals surface area contributed by atoms with Crippen molar-refractivity contribution in [1.82, 2.24) is 4.98 Å². The van der Waals surface area contributed by atoms with Gasteiger partial charge in [0.15, 0.2) is 0 Å². The van der Waals surface area contributed by atoms with Gasteiger partial charge in [-0.05, 0) is 41.8 Å². The van der Waals surface area contributed by atoms with E-state index in [1.165, 1.54) is 6.20 Å². The second-order valence-corrected chi connectivity index (χ2v) is 4.74. The Balaban J connectivity index is 2.46. The van der Waals surface area contributed by atoms with E-state index in [-0.39, 0.29) is 5.41 Å². The van der Waals surface area contributed by atoms with Gasteiger partial charge >= 0.3 is 0 Å². The molecule has 0 aromatic carbocycles. The molecule has 1 unspecified atom stereocenters. The summed E-state index contributed by atoms with van der Waals surface area (Å²) in [5, 5.41) is 9.60. The zero-order valence-electron chi connectivity index (χ0n) is 7.80. The molecular weight excluding hydrogens is 249 g/mol. The smallest absolute Gasteiger partial charge is 0.216 e. The summed E-state index contributed by atoms with van der Waals surface area (Å²) in [5.74, 6) is -0.466. The molecule has 0 amide bonds. The van der Waals surface area contributed by atoms with E-state index in [1.807, 2.05) is 0 Å². The molecule has 1 aliphatic rings. The van der Waals surface area contributed by atoms with Crippen LogP contribution in [0.2, 0.25) is 0 Å². The molecule has 1 aliphatic carbocycles. The van der Waals surface area contributed by atoms with Crippen molar-refractivity contribution in [2.75, 3.05) is 0 Å². The number of nitrogens with zero attached hydrogens (tertiary/aromatic N) is 1. The highest BCUT2D eigenvalue weighted by molar-refractivity contribution is 9.10. The summed E-state index contributed by atoms with van der Waals surface area (Å²) in [5.41, 5.74) is 0.141. The van der Waals surface area contributed by atoms with Crippen molar-refractivity contribution in [2.45, 2.75) is 31.3 Å². The molecule has 0 bridgehead atoms. The Labute approximate surface area is 90.3 Å². The third-order valence-corrected chi connectivity index (χ3v) is 3.36. The van der Waals surface area contributed by atoms with Gasteiger partial charge in [-0.15, -0.1) is 0 Å². The van der Waals surface area contributed by atoms with Crippen molar-refractivity contribution in [1.29, 1.82) is 0 Å². The van der Waals surface area contributed by atoms with Crippen LogP contribution in [-0.4, -0.2) is 16.2 Å². The fourth-order valence-electron chi connectivity index (χ4n) is 1.82. The minimum Gasteiger partial charge on any atom is -0.392 e. The second-order valence-electron chi connectivity index (χ2n) is 3.82. The maximum absolute atomic E-state index is 13.4.